The Kier molecular flexibility index (Phi) is 5.39. The summed E-state index contributed by atoms with van der Waals surface area (Å²) < 4.78 is 0. The molecule has 0 unspecified atom stereocenters. The number of aliphatic hydroxyl groups is 1. The number of anilines is 2. The Morgan fingerprint density at radius 1 is 1.32 bits per heavy atom. The molecule has 19 heavy (non-hydrogen) atoms. The van der Waals surface area contributed by atoms with E-state index in [4.69, 9.17) is 5.11 Å². The molecule has 1 aliphatic rings. The number of nitrogens with zero attached hydrogens (tertiary/aromatic N) is 3. The van der Waals surface area contributed by atoms with Crippen LogP contribution in [-0.4, -0.2) is 41.8 Å². The van der Waals surface area contributed by atoms with Gasteiger partial charge in [0.2, 0.25) is 0 Å². The summed E-state index contributed by atoms with van der Waals surface area (Å²) in [5.74, 6) is 2.50. The molecule has 1 fully saturated rings. The third kappa shape index (κ3) is 4.35. The van der Waals surface area contributed by atoms with Crippen molar-refractivity contribution >= 4 is 11.6 Å². The molecule has 0 aliphatic heterocycles. The molecule has 1 heterocycles. The minimum Gasteiger partial charge on any atom is -0.395 e. The quantitative estimate of drug-likeness (QED) is 0.821. The smallest absolute Gasteiger partial charge is 0.133 e. The van der Waals surface area contributed by atoms with Crippen molar-refractivity contribution in [3.05, 3.63) is 12.4 Å². The van der Waals surface area contributed by atoms with Gasteiger partial charge in [-0.15, -0.1) is 0 Å². The largest absolute Gasteiger partial charge is 0.395 e. The van der Waals surface area contributed by atoms with Gasteiger partial charge in [0.25, 0.3) is 0 Å². The number of hydrogen-bond donors (Lipinski definition) is 2. The zero-order valence-electron chi connectivity index (χ0n) is 11.7. The highest BCUT2D eigenvalue weighted by Gasteiger charge is 2.13. The first kappa shape index (κ1) is 14.1. The first-order valence-corrected chi connectivity index (χ1v) is 7.17. The minimum absolute atomic E-state index is 0.130. The molecule has 0 spiro atoms. The predicted molar refractivity (Wildman–Crippen MR) is 77.5 cm³/mol. The molecule has 106 valence electrons. The molecule has 5 nitrogen and oxygen atoms in total. The van der Waals surface area contributed by atoms with Crippen molar-refractivity contribution in [2.24, 2.45) is 5.92 Å². The van der Waals surface area contributed by atoms with Crippen LogP contribution >= 0.6 is 0 Å². The predicted octanol–water partition coefficient (Wildman–Crippen LogP) is 1.90. The molecule has 0 saturated heterocycles. The average Bonchev–Trinajstić information content (AvgIpc) is 2.47. The Hall–Kier alpha value is -1.36. The first-order valence-electron chi connectivity index (χ1n) is 7.17. The molecular formula is C14H24N4O. The summed E-state index contributed by atoms with van der Waals surface area (Å²) in [5, 5.41) is 12.4. The van der Waals surface area contributed by atoms with Crippen LogP contribution in [0.25, 0.3) is 0 Å². The molecule has 0 atom stereocenters. The summed E-state index contributed by atoms with van der Waals surface area (Å²) in [6.07, 6.45) is 8.35. The van der Waals surface area contributed by atoms with Crippen molar-refractivity contribution in [1.82, 2.24) is 9.97 Å². The normalized spacial score (nSPS) is 16.3. The summed E-state index contributed by atoms with van der Waals surface area (Å²) in [7, 11) is 1.92. The van der Waals surface area contributed by atoms with Gasteiger partial charge in [-0.1, -0.05) is 19.3 Å². The summed E-state index contributed by atoms with van der Waals surface area (Å²) in [4.78, 5) is 10.4. The average molecular weight is 264 g/mol. The van der Waals surface area contributed by atoms with Gasteiger partial charge < -0.3 is 15.3 Å². The molecule has 0 radical (unpaired) electrons. The van der Waals surface area contributed by atoms with E-state index in [-0.39, 0.29) is 6.61 Å². The second-order valence-electron chi connectivity index (χ2n) is 5.29. The van der Waals surface area contributed by atoms with Crippen LogP contribution in [0.15, 0.2) is 12.4 Å². The molecule has 0 aromatic carbocycles. The maximum absolute atomic E-state index is 8.94. The van der Waals surface area contributed by atoms with Gasteiger partial charge in [0.1, 0.15) is 18.0 Å². The van der Waals surface area contributed by atoms with Crippen LogP contribution in [0, 0.1) is 5.92 Å². The van der Waals surface area contributed by atoms with E-state index in [1.807, 2.05) is 18.0 Å². The van der Waals surface area contributed by atoms with Crippen molar-refractivity contribution in [1.29, 1.82) is 0 Å². The van der Waals surface area contributed by atoms with Gasteiger partial charge in [0.15, 0.2) is 0 Å². The van der Waals surface area contributed by atoms with Gasteiger partial charge in [-0.05, 0) is 18.8 Å². The highest BCUT2D eigenvalue weighted by atomic mass is 16.3. The maximum Gasteiger partial charge on any atom is 0.133 e. The van der Waals surface area contributed by atoms with E-state index in [2.05, 4.69) is 15.3 Å². The van der Waals surface area contributed by atoms with Crippen LogP contribution in [-0.2, 0) is 0 Å². The highest BCUT2D eigenvalue weighted by molar-refractivity contribution is 5.47. The fourth-order valence-electron chi connectivity index (χ4n) is 2.56. The van der Waals surface area contributed by atoms with E-state index in [0.29, 0.717) is 6.54 Å². The van der Waals surface area contributed by atoms with Crippen molar-refractivity contribution in [3.8, 4) is 0 Å². The Morgan fingerprint density at radius 3 is 2.84 bits per heavy atom. The van der Waals surface area contributed by atoms with E-state index < -0.39 is 0 Å². The van der Waals surface area contributed by atoms with Gasteiger partial charge in [-0.3, -0.25) is 0 Å². The highest BCUT2D eigenvalue weighted by Crippen LogP contribution is 2.24. The summed E-state index contributed by atoms with van der Waals surface area (Å²) in [5.41, 5.74) is 0. The fraction of sp³-hybridized carbons (Fsp3) is 0.714. The number of nitrogens with one attached hydrogen (secondary N) is 1. The third-order valence-electron chi connectivity index (χ3n) is 3.78. The number of hydrogen-bond acceptors (Lipinski definition) is 5. The van der Waals surface area contributed by atoms with E-state index in [1.54, 1.807) is 6.33 Å². The molecule has 1 aromatic rings. The Labute approximate surface area is 115 Å². The molecule has 0 amide bonds. The van der Waals surface area contributed by atoms with Crippen molar-refractivity contribution in [2.75, 3.05) is 37.0 Å². The van der Waals surface area contributed by atoms with Crippen LogP contribution in [0.2, 0.25) is 0 Å². The number of rotatable bonds is 6. The Morgan fingerprint density at radius 2 is 2.11 bits per heavy atom. The fourth-order valence-corrected chi connectivity index (χ4v) is 2.56. The first-order chi connectivity index (χ1) is 9.29. The molecule has 1 aliphatic carbocycles. The second-order valence-corrected chi connectivity index (χ2v) is 5.29. The Bertz CT molecular complexity index is 379. The zero-order chi connectivity index (χ0) is 13.5. The lowest BCUT2D eigenvalue weighted by atomic mass is 9.89. The Balaban J connectivity index is 1.87. The molecule has 2 rings (SSSR count). The molecule has 0 bridgehead atoms. The van der Waals surface area contributed by atoms with Gasteiger partial charge in [-0.2, -0.15) is 0 Å². The van der Waals surface area contributed by atoms with Gasteiger partial charge in [0.05, 0.1) is 6.61 Å². The number of aromatic nitrogens is 2. The number of aliphatic hydroxyl groups excluding tert-OH is 1. The number of likely N-dealkylation sites (N-methyl/N-ethyl adjacent to an activating group) is 1. The monoisotopic (exact) mass is 264 g/mol. The summed E-state index contributed by atoms with van der Waals surface area (Å²) in [6.45, 7) is 1.71. The van der Waals surface area contributed by atoms with Gasteiger partial charge >= 0.3 is 0 Å². The second kappa shape index (κ2) is 7.28. The van der Waals surface area contributed by atoms with Crippen LogP contribution < -0.4 is 10.2 Å². The third-order valence-corrected chi connectivity index (χ3v) is 3.78. The summed E-state index contributed by atoms with van der Waals surface area (Å²) in [6, 6.07) is 1.94. The van der Waals surface area contributed by atoms with Crippen LogP contribution in [0.1, 0.15) is 32.1 Å². The minimum atomic E-state index is 0.130. The lowest BCUT2D eigenvalue weighted by Crippen LogP contribution is -2.23. The van der Waals surface area contributed by atoms with E-state index in [0.717, 1.165) is 24.1 Å². The van der Waals surface area contributed by atoms with Crippen LogP contribution in [0.5, 0.6) is 0 Å². The molecule has 5 heteroatoms. The van der Waals surface area contributed by atoms with Crippen molar-refractivity contribution in [3.63, 3.8) is 0 Å². The molecule has 2 N–H and O–H groups in total. The standard InChI is InChI=1S/C14H24N4O/c1-18(7-8-19)14-9-13(16-11-17-14)15-10-12-5-3-2-4-6-12/h9,11-12,19H,2-8,10H2,1H3,(H,15,16,17). The lowest BCUT2D eigenvalue weighted by molar-refractivity contribution is 0.304. The van der Waals surface area contributed by atoms with Gasteiger partial charge in [0, 0.05) is 26.2 Å². The van der Waals surface area contributed by atoms with Crippen LogP contribution in [0.4, 0.5) is 11.6 Å². The SMILES string of the molecule is CN(CCO)c1cc(NCC2CCCCC2)ncn1. The maximum atomic E-state index is 8.94. The van der Waals surface area contributed by atoms with Crippen molar-refractivity contribution in [2.45, 2.75) is 32.1 Å². The van der Waals surface area contributed by atoms with E-state index >= 15 is 0 Å². The van der Waals surface area contributed by atoms with Crippen molar-refractivity contribution < 1.29 is 5.11 Å². The molecule has 1 saturated carbocycles. The summed E-state index contributed by atoms with van der Waals surface area (Å²) >= 11 is 0. The molecule has 1 aromatic heterocycles. The topological polar surface area (TPSA) is 61.3 Å². The van der Waals surface area contributed by atoms with E-state index in [9.17, 15) is 0 Å². The zero-order valence-corrected chi connectivity index (χ0v) is 11.7. The molecular weight excluding hydrogens is 240 g/mol. The lowest BCUT2D eigenvalue weighted by Gasteiger charge is -2.22. The van der Waals surface area contributed by atoms with E-state index in [1.165, 1.54) is 32.1 Å². The van der Waals surface area contributed by atoms with Gasteiger partial charge in [-0.25, -0.2) is 9.97 Å². The van der Waals surface area contributed by atoms with Crippen LogP contribution in [0.3, 0.4) is 0 Å².